The highest BCUT2D eigenvalue weighted by molar-refractivity contribution is 5.80. The summed E-state index contributed by atoms with van der Waals surface area (Å²) in [6.45, 7) is 7.82. The Morgan fingerprint density at radius 3 is 2.61 bits per heavy atom. The summed E-state index contributed by atoms with van der Waals surface area (Å²) in [7, 11) is 1.48. The summed E-state index contributed by atoms with van der Waals surface area (Å²) in [5.41, 5.74) is 0.568. The molecule has 2 N–H and O–H groups in total. The molecule has 1 heterocycles. The fraction of sp³-hybridized carbons (Fsp3) is 0.682. The van der Waals surface area contributed by atoms with Gasteiger partial charge in [-0.05, 0) is 45.7 Å². The SMILES string of the molecule is CCNC(=NCc1ccc(OC)cc1OC(F)F)NC1CCN(CCOC(C)C)CC1. The van der Waals surface area contributed by atoms with Gasteiger partial charge in [-0.15, -0.1) is 0 Å². The number of aliphatic imine (C=N–C) groups is 1. The molecule has 1 aromatic carbocycles. The average Bonchev–Trinajstić information content (AvgIpc) is 2.73. The van der Waals surface area contributed by atoms with E-state index in [4.69, 9.17) is 9.47 Å². The van der Waals surface area contributed by atoms with Gasteiger partial charge in [0.25, 0.3) is 0 Å². The predicted octanol–water partition coefficient (Wildman–Crippen LogP) is 3.24. The standard InChI is InChI=1S/C22H36F2N4O3/c1-5-25-22(27-18-8-10-28(11-9-18)12-13-30-16(2)3)26-15-17-6-7-19(29-4)14-20(17)31-21(23)24/h6-7,14,16,18,21H,5,8-13,15H2,1-4H3,(H2,25,26,27). The smallest absolute Gasteiger partial charge is 0.387 e. The summed E-state index contributed by atoms with van der Waals surface area (Å²) in [6, 6.07) is 5.17. The van der Waals surface area contributed by atoms with Gasteiger partial charge in [0.1, 0.15) is 11.5 Å². The van der Waals surface area contributed by atoms with Crippen molar-refractivity contribution in [2.75, 3.05) is 39.9 Å². The first-order valence-corrected chi connectivity index (χ1v) is 10.9. The zero-order valence-electron chi connectivity index (χ0n) is 19.0. The number of piperidine rings is 1. The molecule has 1 aromatic rings. The Kier molecular flexibility index (Phi) is 10.8. The molecule has 31 heavy (non-hydrogen) atoms. The van der Waals surface area contributed by atoms with Crippen molar-refractivity contribution < 1.29 is 23.0 Å². The van der Waals surface area contributed by atoms with Crippen molar-refractivity contribution in [3.63, 3.8) is 0 Å². The lowest BCUT2D eigenvalue weighted by Crippen LogP contribution is -2.49. The van der Waals surface area contributed by atoms with Crippen LogP contribution >= 0.6 is 0 Å². The maximum absolute atomic E-state index is 12.8. The van der Waals surface area contributed by atoms with Gasteiger partial charge in [-0.25, -0.2) is 4.99 Å². The maximum atomic E-state index is 12.8. The van der Waals surface area contributed by atoms with Crippen LogP contribution in [-0.2, 0) is 11.3 Å². The summed E-state index contributed by atoms with van der Waals surface area (Å²) in [5, 5.41) is 6.70. The number of likely N-dealkylation sites (tertiary alicyclic amines) is 1. The van der Waals surface area contributed by atoms with Crippen molar-refractivity contribution in [2.45, 2.75) is 58.9 Å². The Bertz CT molecular complexity index is 681. The average molecular weight is 443 g/mol. The number of benzene rings is 1. The van der Waals surface area contributed by atoms with Crippen LogP contribution in [0.4, 0.5) is 8.78 Å². The Balaban J connectivity index is 1.92. The lowest BCUT2D eigenvalue weighted by Gasteiger charge is -2.33. The molecular formula is C22H36F2N4O3. The van der Waals surface area contributed by atoms with Gasteiger partial charge in [0.05, 0.1) is 26.4 Å². The predicted molar refractivity (Wildman–Crippen MR) is 118 cm³/mol. The molecule has 0 atom stereocenters. The number of nitrogens with zero attached hydrogens (tertiary/aromatic N) is 2. The van der Waals surface area contributed by atoms with Crippen molar-refractivity contribution in [2.24, 2.45) is 4.99 Å². The molecule has 7 nitrogen and oxygen atoms in total. The molecule has 1 aliphatic heterocycles. The van der Waals surface area contributed by atoms with E-state index in [2.05, 4.69) is 25.3 Å². The summed E-state index contributed by atoms with van der Waals surface area (Å²) < 4.78 is 40.9. The highest BCUT2D eigenvalue weighted by atomic mass is 19.3. The van der Waals surface area contributed by atoms with Crippen LogP contribution < -0.4 is 20.1 Å². The fourth-order valence-corrected chi connectivity index (χ4v) is 3.39. The van der Waals surface area contributed by atoms with Crippen molar-refractivity contribution in [3.8, 4) is 11.5 Å². The van der Waals surface area contributed by atoms with E-state index in [0.717, 1.165) is 39.1 Å². The molecular weight excluding hydrogens is 406 g/mol. The van der Waals surface area contributed by atoms with Crippen LogP contribution in [0.15, 0.2) is 23.2 Å². The lowest BCUT2D eigenvalue weighted by molar-refractivity contribution is -0.0505. The van der Waals surface area contributed by atoms with E-state index >= 15 is 0 Å². The van der Waals surface area contributed by atoms with Crippen molar-refractivity contribution in [1.29, 1.82) is 0 Å². The van der Waals surface area contributed by atoms with Crippen molar-refractivity contribution in [3.05, 3.63) is 23.8 Å². The van der Waals surface area contributed by atoms with E-state index in [1.54, 1.807) is 12.1 Å². The zero-order chi connectivity index (χ0) is 22.6. The largest absolute Gasteiger partial charge is 0.497 e. The molecule has 2 rings (SSSR count). The van der Waals surface area contributed by atoms with E-state index in [9.17, 15) is 8.78 Å². The van der Waals surface area contributed by atoms with E-state index < -0.39 is 6.61 Å². The number of methoxy groups -OCH3 is 1. The van der Waals surface area contributed by atoms with Crippen LogP contribution in [0.2, 0.25) is 0 Å². The summed E-state index contributed by atoms with van der Waals surface area (Å²) in [6.07, 6.45) is 2.28. The molecule has 0 bridgehead atoms. The van der Waals surface area contributed by atoms with E-state index in [1.165, 1.54) is 13.2 Å². The molecule has 0 spiro atoms. The molecule has 9 heteroatoms. The second kappa shape index (κ2) is 13.3. The fourth-order valence-electron chi connectivity index (χ4n) is 3.39. The van der Waals surface area contributed by atoms with Gasteiger partial charge in [0.2, 0.25) is 0 Å². The molecule has 1 saturated heterocycles. The van der Waals surface area contributed by atoms with Crippen molar-refractivity contribution >= 4 is 5.96 Å². The van der Waals surface area contributed by atoms with Crippen LogP contribution in [0.1, 0.15) is 39.2 Å². The summed E-state index contributed by atoms with van der Waals surface area (Å²) in [4.78, 5) is 7.00. The topological polar surface area (TPSA) is 67.4 Å². The number of guanidine groups is 1. The van der Waals surface area contributed by atoms with E-state index in [1.807, 2.05) is 20.8 Å². The molecule has 0 amide bonds. The minimum absolute atomic E-state index is 0.0749. The second-order valence-electron chi connectivity index (χ2n) is 7.73. The van der Waals surface area contributed by atoms with Gasteiger partial charge in [0.15, 0.2) is 5.96 Å². The third kappa shape index (κ3) is 9.26. The quantitative estimate of drug-likeness (QED) is 0.405. The number of ether oxygens (including phenoxy) is 3. The first-order chi connectivity index (χ1) is 14.9. The summed E-state index contributed by atoms with van der Waals surface area (Å²) >= 11 is 0. The molecule has 0 aromatic heterocycles. The summed E-state index contributed by atoms with van der Waals surface area (Å²) in [5.74, 6) is 1.20. The number of hydrogen-bond donors (Lipinski definition) is 2. The Morgan fingerprint density at radius 1 is 1.26 bits per heavy atom. The first kappa shape index (κ1) is 25.1. The minimum atomic E-state index is -2.91. The van der Waals surface area contributed by atoms with Crippen LogP contribution in [0.25, 0.3) is 0 Å². The van der Waals surface area contributed by atoms with E-state index in [0.29, 0.717) is 29.9 Å². The third-order valence-corrected chi connectivity index (χ3v) is 5.03. The van der Waals surface area contributed by atoms with Gasteiger partial charge in [-0.3, -0.25) is 0 Å². The minimum Gasteiger partial charge on any atom is -0.497 e. The van der Waals surface area contributed by atoms with Crippen LogP contribution in [0.5, 0.6) is 11.5 Å². The van der Waals surface area contributed by atoms with E-state index in [-0.39, 0.29) is 18.4 Å². The number of halogens is 2. The number of hydrogen-bond acceptors (Lipinski definition) is 5. The van der Waals surface area contributed by atoms with Gasteiger partial charge < -0.3 is 29.7 Å². The maximum Gasteiger partial charge on any atom is 0.387 e. The number of alkyl halides is 2. The van der Waals surface area contributed by atoms with Gasteiger partial charge >= 0.3 is 6.61 Å². The Morgan fingerprint density at radius 2 is 2.00 bits per heavy atom. The highest BCUT2D eigenvalue weighted by Gasteiger charge is 2.20. The second-order valence-corrected chi connectivity index (χ2v) is 7.73. The lowest BCUT2D eigenvalue weighted by atomic mass is 10.1. The molecule has 0 unspecified atom stereocenters. The number of rotatable bonds is 11. The monoisotopic (exact) mass is 442 g/mol. The van der Waals surface area contributed by atoms with Crippen LogP contribution in [0.3, 0.4) is 0 Å². The number of nitrogens with one attached hydrogen (secondary N) is 2. The molecule has 0 aliphatic carbocycles. The molecule has 1 fully saturated rings. The van der Waals surface area contributed by atoms with Crippen LogP contribution in [0, 0.1) is 0 Å². The Labute approximate surface area is 184 Å². The third-order valence-electron chi connectivity index (χ3n) is 5.03. The first-order valence-electron chi connectivity index (χ1n) is 10.9. The van der Waals surface area contributed by atoms with Gasteiger partial charge in [-0.2, -0.15) is 8.78 Å². The normalized spacial score (nSPS) is 16.1. The van der Waals surface area contributed by atoms with Crippen LogP contribution in [-0.4, -0.2) is 69.5 Å². The van der Waals surface area contributed by atoms with Gasteiger partial charge in [-0.1, -0.05) is 0 Å². The van der Waals surface area contributed by atoms with Gasteiger partial charge in [0, 0.05) is 43.9 Å². The Hall–Kier alpha value is -2.13. The zero-order valence-corrected chi connectivity index (χ0v) is 19.0. The molecule has 1 aliphatic rings. The van der Waals surface area contributed by atoms with Crippen molar-refractivity contribution in [1.82, 2.24) is 15.5 Å². The molecule has 0 saturated carbocycles. The molecule has 0 radical (unpaired) electrons. The highest BCUT2D eigenvalue weighted by Crippen LogP contribution is 2.27. The molecule has 176 valence electrons.